The molecular formula is C24H43IN2O3. The van der Waals surface area contributed by atoms with Crippen molar-refractivity contribution < 1.29 is 12.5 Å². The SMILES string of the molecule is CCN=C(/C=C(\C)[C@H](C)[C@@H](C)CCOI)N1CCC(OC2CC(OC(C)C)C2)CC1. The number of nitrogens with zero attached hydrogens (tertiary/aromatic N) is 2. The molecule has 0 unspecified atom stereocenters. The molecule has 6 heteroatoms. The largest absolute Gasteiger partial charge is 0.375 e. The van der Waals surface area contributed by atoms with E-state index in [0.29, 0.717) is 36.3 Å². The molecule has 0 amide bonds. The summed E-state index contributed by atoms with van der Waals surface area (Å²) in [6.45, 7) is 16.9. The summed E-state index contributed by atoms with van der Waals surface area (Å²) in [4.78, 5) is 7.27. The van der Waals surface area contributed by atoms with Gasteiger partial charge < -0.3 is 17.4 Å². The fourth-order valence-electron chi connectivity index (χ4n) is 4.28. The third-order valence-corrected chi connectivity index (χ3v) is 7.01. The van der Waals surface area contributed by atoms with Crippen molar-refractivity contribution >= 4 is 28.8 Å². The molecule has 0 N–H and O–H groups in total. The standard InChI is InChI=1S/C24H43IN2O3/c1-7-26-24(14-19(5)20(6)18(4)10-13-28-25)27-11-8-21(9-12-27)30-23-15-22(16-23)29-17(2)3/h14,17-18,20-23H,7-13,15-16H2,1-6H3/b19-14+,26-24?/t18-,20+,22?,23?/m0/s1. The van der Waals surface area contributed by atoms with Crippen LogP contribution in [-0.4, -0.2) is 61.4 Å². The predicted octanol–water partition coefficient (Wildman–Crippen LogP) is 5.82. The first kappa shape index (κ1) is 26.1. The molecule has 2 atom stereocenters. The number of hydrogen-bond acceptors (Lipinski definition) is 4. The molecule has 0 aromatic rings. The van der Waals surface area contributed by atoms with Crippen LogP contribution in [0.3, 0.4) is 0 Å². The maximum atomic E-state index is 6.34. The molecule has 2 aliphatic rings. The highest BCUT2D eigenvalue weighted by atomic mass is 127. The lowest BCUT2D eigenvalue weighted by Gasteiger charge is -2.40. The molecule has 1 saturated heterocycles. The van der Waals surface area contributed by atoms with Gasteiger partial charge in [0.1, 0.15) is 28.8 Å². The van der Waals surface area contributed by atoms with Crippen LogP contribution in [0.2, 0.25) is 0 Å². The fourth-order valence-corrected chi connectivity index (χ4v) is 4.54. The van der Waals surface area contributed by atoms with Crippen LogP contribution in [-0.2, 0) is 12.5 Å². The molecule has 1 heterocycles. The topological polar surface area (TPSA) is 43.3 Å². The monoisotopic (exact) mass is 534 g/mol. The molecule has 0 radical (unpaired) electrons. The molecule has 5 nitrogen and oxygen atoms in total. The lowest BCUT2D eigenvalue weighted by atomic mass is 9.87. The number of likely N-dealkylation sites (tertiary alicyclic amines) is 1. The maximum absolute atomic E-state index is 6.34. The third-order valence-electron chi connectivity index (χ3n) is 6.57. The zero-order chi connectivity index (χ0) is 22.1. The fraction of sp³-hybridized carbons (Fsp3) is 0.875. The highest BCUT2D eigenvalue weighted by molar-refractivity contribution is 14.1. The molecular weight excluding hydrogens is 491 g/mol. The number of halogens is 1. The van der Waals surface area contributed by atoms with Gasteiger partial charge in [-0.3, -0.25) is 4.99 Å². The number of piperidine rings is 1. The molecule has 1 saturated carbocycles. The van der Waals surface area contributed by atoms with E-state index in [9.17, 15) is 0 Å². The van der Waals surface area contributed by atoms with Crippen molar-refractivity contribution in [3.8, 4) is 0 Å². The highest BCUT2D eigenvalue weighted by Gasteiger charge is 2.34. The van der Waals surface area contributed by atoms with Crippen LogP contribution in [0.4, 0.5) is 0 Å². The van der Waals surface area contributed by atoms with E-state index in [1.54, 1.807) is 0 Å². The van der Waals surface area contributed by atoms with Crippen LogP contribution in [0.15, 0.2) is 16.6 Å². The van der Waals surface area contributed by atoms with Gasteiger partial charge in [0.15, 0.2) is 0 Å². The van der Waals surface area contributed by atoms with Crippen molar-refractivity contribution in [1.82, 2.24) is 4.90 Å². The van der Waals surface area contributed by atoms with E-state index >= 15 is 0 Å². The number of hydrogen-bond donors (Lipinski definition) is 0. The van der Waals surface area contributed by atoms with Gasteiger partial charge in [-0.1, -0.05) is 19.4 Å². The van der Waals surface area contributed by atoms with Crippen molar-refractivity contribution in [1.29, 1.82) is 0 Å². The van der Waals surface area contributed by atoms with Crippen LogP contribution in [0.25, 0.3) is 0 Å². The Morgan fingerprint density at radius 1 is 1.10 bits per heavy atom. The quantitative estimate of drug-likeness (QED) is 0.191. The lowest BCUT2D eigenvalue weighted by Crippen LogP contribution is -2.45. The molecule has 0 spiro atoms. The molecule has 1 aliphatic heterocycles. The number of ether oxygens (including phenoxy) is 2. The van der Waals surface area contributed by atoms with Gasteiger partial charge in [-0.2, -0.15) is 0 Å². The Labute approximate surface area is 198 Å². The number of allylic oxidation sites excluding steroid dienone is 1. The molecule has 174 valence electrons. The van der Waals surface area contributed by atoms with Gasteiger partial charge in [0, 0.05) is 19.6 Å². The molecule has 0 bridgehead atoms. The average molecular weight is 535 g/mol. The molecule has 0 aromatic carbocycles. The van der Waals surface area contributed by atoms with Crippen molar-refractivity contribution in [2.24, 2.45) is 16.8 Å². The minimum atomic E-state index is 0.317. The first-order valence-corrected chi connectivity index (χ1v) is 12.7. The van der Waals surface area contributed by atoms with Gasteiger partial charge in [0.2, 0.25) is 0 Å². The van der Waals surface area contributed by atoms with Crippen LogP contribution in [0.1, 0.15) is 73.6 Å². The zero-order valence-electron chi connectivity index (χ0n) is 19.9. The number of amidine groups is 1. The Morgan fingerprint density at radius 2 is 1.77 bits per heavy atom. The Hall–Kier alpha value is -0.180. The van der Waals surface area contributed by atoms with Crippen LogP contribution < -0.4 is 0 Å². The van der Waals surface area contributed by atoms with Gasteiger partial charge in [0.05, 0.1) is 31.0 Å². The normalized spacial score (nSPS) is 26.1. The summed E-state index contributed by atoms with van der Waals surface area (Å²) in [5.74, 6) is 2.27. The second kappa shape index (κ2) is 13.4. The predicted molar refractivity (Wildman–Crippen MR) is 133 cm³/mol. The van der Waals surface area contributed by atoms with Crippen molar-refractivity contribution in [3.05, 3.63) is 11.6 Å². The summed E-state index contributed by atoms with van der Waals surface area (Å²) in [6.07, 6.45) is 9.18. The second-order valence-electron chi connectivity index (χ2n) is 9.31. The van der Waals surface area contributed by atoms with E-state index in [1.807, 2.05) is 23.0 Å². The Kier molecular flexibility index (Phi) is 11.6. The molecule has 1 aliphatic carbocycles. The third kappa shape index (κ3) is 8.40. The van der Waals surface area contributed by atoms with Crippen molar-refractivity contribution in [2.45, 2.75) is 98.1 Å². The Bertz CT molecular complexity index is 553. The summed E-state index contributed by atoms with van der Waals surface area (Å²) in [7, 11) is 0. The smallest absolute Gasteiger partial charge is 0.123 e. The zero-order valence-corrected chi connectivity index (χ0v) is 22.1. The second-order valence-corrected chi connectivity index (χ2v) is 9.93. The summed E-state index contributed by atoms with van der Waals surface area (Å²) in [5.41, 5.74) is 1.41. The molecule has 2 fully saturated rings. The molecule has 30 heavy (non-hydrogen) atoms. The maximum Gasteiger partial charge on any atom is 0.123 e. The first-order chi connectivity index (χ1) is 14.3. The van der Waals surface area contributed by atoms with E-state index < -0.39 is 0 Å². The summed E-state index contributed by atoms with van der Waals surface area (Å²) >= 11 is 1.98. The summed E-state index contributed by atoms with van der Waals surface area (Å²) < 4.78 is 17.4. The van der Waals surface area contributed by atoms with Crippen LogP contribution in [0.5, 0.6) is 0 Å². The van der Waals surface area contributed by atoms with Gasteiger partial charge in [-0.05, 0) is 77.7 Å². The van der Waals surface area contributed by atoms with E-state index in [1.165, 1.54) is 5.57 Å². The van der Waals surface area contributed by atoms with Gasteiger partial charge in [-0.15, -0.1) is 0 Å². The summed E-state index contributed by atoms with van der Waals surface area (Å²) in [5, 5.41) is 0. The Morgan fingerprint density at radius 3 is 2.33 bits per heavy atom. The van der Waals surface area contributed by atoms with Crippen LogP contribution in [0, 0.1) is 11.8 Å². The van der Waals surface area contributed by atoms with Crippen molar-refractivity contribution in [3.63, 3.8) is 0 Å². The number of aliphatic imine (C=N–C) groups is 1. The highest BCUT2D eigenvalue weighted by Crippen LogP contribution is 2.30. The van der Waals surface area contributed by atoms with E-state index in [2.05, 4.69) is 52.5 Å². The van der Waals surface area contributed by atoms with Crippen LogP contribution >= 0.6 is 23.0 Å². The first-order valence-electron chi connectivity index (χ1n) is 11.9. The molecule has 2 rings (SSSR count). The lowest BCUT2D eigenvalue weighted by molar-refractivity contribution is -0.144. The number of rotatable bonds is 11. The van der Waals surface area contributed by atoms with E-state index in [0.717, 1.165) is 64.2 Å². The minimum Gasteiger partial charge on any atom is -0.375 e. The minimum absolute atomic E-state index is 0.317. The summed E-state index contributed by atoms with van der Waals surface area (Å²) in [6, 6.07) is 0. The van der Waals surface area contributed by atoms with E-state index in [4.69, 9.17) is 17.5 Å². The molecule has 0 aromatic heterocycles. The average Bonchev–Trinajstić information content (AvgIpc) is 2.69. The Balaban J connectivity index is 1.82. The van der Waals surface area contributed by atoms with Crippen molar-refractivity contribution in [2.75, 3.05) is 26.2 Å². The van der Waals surface area contributed by atoms with Gasteiger partial charge in [0.25, 0.3) is 0 Å². The van der Waals surface area contributed by atoms with Gasteiger partial charge >= 0.3 is 0 Å². The van der Waals surface area contributed by atoms with E-state index in [-0.39, 0.29) is 0 Å². The van der Waals surface area contributed by atoms with Gasteiger partial charge in [-0.25, -0.2) is 0 Å².